The maximum Gasteiger partial charge on any atom is 0.315 e. The Morgan fingerprint density at radius 1 is 1.47 bits per heavy atom. The van der Waals surface area contributed by atoms with Crippen LogP contribution in [0, 0.1) is 11.8 Å². The molecule has 5 heteroatoms. The lowest BCUT2D eigenvalue weighted by Gasteiger charge is -2.37. The number of aliphatic carboxylic acids is 1. The normalized spacial score (nSPS) is 23.8. The number of thiophene rings is 1. The average Bonchev–Trinajstić information content (AvgIpc) is 3.12. The molecule has 2 atom stereocenters. The molecule has 1 aliphatic heterocycles. The number of fused-ring (bicyclic) bond motifs is 1. The van der Waals surface area contributed by atoms with Crippen molar-refractivity contribution in [3.63, 3.8) is 0 Å². The predicted molar refractivity (Wildman–Crippen MR) is 72.0 cm³/mol. The first-order valence-corrected chi connectivity index (χ1v) is 7.57. The molecule has 1 fully saturated rings. The van der Waals surface area contributed by atoms with Crippen molar-refractivity contribution >= 4 is 23.2 Å². The van der Waals surface area contributed by atoms with Crippen LogP contribution in [0.2, 0.25) is 0 Å². The summed E-state index contributed by atoms with van der Waals surface area (Å²) in [6, 6.07) is 2.22. The zero-order valence-electron chi connectivity index (χ0n) is 10.8. The Labute approximate surface area is 116 Å². The van der Waals surface area contributed by atoms with E-state index in [1.54, 1.807) is 11.3 Å². The molecule has 0 spiro atoms. The van der Waals surface area contributed by atoms with Gasteiger partial charge in [-0.1, -0.05) is 0 Å². The highest BCUT2D eigenvalue weighted by atomic mass is 32.1. The van der Waals surface area contributed by atoms with Crippen LogP contribution in [0.5, 0.6) is 0 Å². The van der Waals surface area contributed by atoms with Crippen LogP contribution in [0.3, 0.4) is 0 Å². The van der Waals surface area contributed by atoms with Gasteiger partial charge in [0.25, 0.3) is 0 Å². The van der Waals surface area contributed by atoms with Gasteiger partial charge in [-0.15, -0.1) is 11.3 Å². The molecule has 1 aromatic heterocycles. The van der Waals surface area contributed by atoms with Gasteiger partial charge in [-0.25, -0.2) is 0 Å². The molecule has 2 aliphatic rings. The first-order chi connectivity index (χ1) is 9.09. The Hall–Kier alpha value is -1.36. The van der Waals surface area contributed by atoms with Crippen molar-refractivity contribution in [2.24, 2.45) is 11.8 Å². The largest absolute Gasteiger partial charge is 0.481 e. The summed E-state index contributed by atoms with van der Waals surface area (Å²) in [7, 11) is 0. The molecule has 1 aliphatic carbocycles. The third-order valence-electron chi connectivity index (χ3n) is 4.11. The lowest BCUT2D eigenvalue weighted by atomic mass is 9.94. The summed E-state index contributed by atoms with van der Waals surface area (Å²) in [5, 5.41) is 11.1. The molecular weight excluding hydrogens is 262 g/mol. The fourth-order valence-electron chi connectivity index (χ4n) is 2.87. The molecule has 19 heavy (non-hydrogen) atoms. The zero-order chi connectivity index (χ0) is 13.6. The minimum Gasteiger partial charge on any atom is -0.481 e. The van der Waals surface area contributed by atoms with E-state index in [0.29, 0.717) is 12.5 Å². The second-order valence-electron chi connectivity index (χ2n) is 5.42. The van der Waals surface area contributed by atoms with E-state index in [0.717, 1.165) is 19.3 Å². The third kappa shape index (κ3) is 2.16. The fourth-order valence-corrected chi connectivity index (χ4v) is 3.78. The minimum absolute atomic E-state index is 0.115. The van der Waals surface area contributed by atoms with Crippen LogP contribution >= 0.6 is 11.3 Å². The lowest BCUT2D eigenvalue weighted by molar-refractivity contribution is -0.152. The molecule has 0 aromatic carbocycles. The van der Waals surface area contributed by atoms with Crippen molar-refractivity contribution in [2.75, 3.05) is 6.54 Å². The number of carboxylic acids is 1. The number of hydrogen-bond donors (Lipinski definition) is 1. The molecule has 0 saturated heterocycles. The maximum absolute atomic E-state index is 12.4. The first kappa shape index (κ1) is 12.7. The van der Waals surface area contributed by atoms with E-state index in [1.807, 2.05) is 4.90 Å². The number of rotatable bonds is 3. The third-order valence-corrected chi connectivity index (χ3v) is 5.10. The van der Waals surface area contributed by atoms with Crippen LogP contribution < -0.4 is 0 Å². The van der Waals surface area contributed by atoms with Gasteiger partial charge in [0.15, 0.2) is 0 Å². The number of carbonyl (C=O) groups excluding carboxylic acids is 1. The second kappa shape index (κ2) is 4.63. The van der Waals surface area contributed by atoms with Crippen LogP contribution in [-0.4, -0.2) is 28.4 Å². The molecule has 0 radical (unpaired) electrons. The lowest BCUT2D eigenvalue weighted by Crippen LogP contribution is -2.44. The quantitative estimate of drug-likeness (QED) is 0.864. The maximum atomic E-state index is 12.4. The van der Waals surface area contributed by atoms with Crippen molar-refractivity contribution in [3.8, 4) is 0 Å². The molecule has 4 nitrogen and oxygen atoms in total. The van der Waals surface area contributed by atoms with Gasteiger partial charge in [-0.2, -0.15) is 0 Å². The van der Waals surface area contributed by atoms with E-state index in [1.165, 1.54) is 17.4 Å². The topological polar surface area (TPSA) is 57.6 Å². The summed E-state index contributed by atoms with van der Waals surface area (Å²) < 4.78 is 0. The summed E-state index contributed by atoms with van der Waals surface area (Å²) in [5.41, 5.74) is 1.25. The van der Waals surface area contributed by atoms with E-state index in [2.05, 4.69) is 11.4 Å². The van der Waals surface area contributed by atoms with Gasteiger partial charge in [-0.3, -0.25) is 9.59 Å². The van der Waals surface area contributed by atoms with Gasteiger partial charge in [-0.05, 0) is 49.1 Å². The summed E-state index contributed by atoms with van der Waals surface area (Å²) in [6.07, 6.45) is 3.14. The number of nitrogens with zero attached hydrogens (tertiary/aromatic N) is 1. The van der Waals surface area contributed by atoms with Crippen molar-refractivity contribution < 1.29 is 14.7 Å². The molecule has 1 amide bonds. The smallest absolute Gasteiger partial charge is 0.315 e. The predicted octanol–water partition coefficient (Wildman–Crippen LogP) is 2.30. The Bertz CT molecular complexity index is 521. The van der Waals surface area contributed by atoms with E-state index >= 15 is 0 Å². The Morgan fingerprint density at radius 2 is 2.21 bits per heavy atom. The summed E-state index contributed by atoms with van der Waals surface area (Å²) in [5.74, 6) is -1.68. The van der Waals surface area contributed by atoms with Crippen LogP contribution in [0.15, 0.2) is 11.4 Å². The molecular formula is C14H17NO3S. The Morgan fingerprint density at radius 3 is 2.84 bits per heavy atom. The summed E-state index contributed by atoms with van der Waals surface area (Å²) >= 11 is 1.75. The second-order valence-corrected chi connectivity index (χ2v) is 6.42. The average molecular weight is 279 g/mol. The van der Waals surface area contributed by atoms with Crippen LogP contribution in [0.25, 0.3) is 0 Å². The highest BCUT2D eigenvalue weighted by molar-refractivity contribution is 7.10. The standard InChI is InChI=1S/C14H17NO3S/c1-8(14(17)18)13(16)15-6-4-11-10(5-7-19-11)12(15)9-2-3-9/h5,7-9,12H,2-4,6H2,1H3,(H,17,18). The van der Waals surface area contributed by atoms with Gasteiger partial charge in [0.05, 0.1) is 6.04 Å². The zero-order valence-corrected chi connectivity index (χ0v) is 11.7. The van der Waals surface area contributed by atoms with Crippen molar-refractivity contribution in [1.82, 2.24) is 4.90 Å². The highest BCUT2D eigenvalue weighted by Crippen LogP contribution is 2.48. The monoisotopic (exact) mass is 279 g/mol. The molecule has 2 unspecified atom stereocenters. The van der Waals surface area contributed by atoms with E-state index in [9.17, 15) is 9.59 Å². The molecule has 0 bridgehead atoms. The van der Waals surface area contributed by atoms with Crippen LogP contribution in [0.4, 0.5) is 0 Å². The van der Waals surface area contributed by atoms with Gasteiger partial charge < -0.3 is 10.0 Å². The summed E-state index contributed by atoms with van der Waals surface area (Å²) in [6.45, 7) is 2.14. The number of amides is 1. The van der Waals surface area contributed by atoms with Gasteiger partial charge >= 0.3 is 5.97 Å². The number of hydrogen-bond acceptors (Lipinski definition) is 3. The van der Waals surface area contributed by atoms with E-state index < -0.39 is 11.9 Å². The molecule has 102 valence electrons. The molecule has 2 heterocycles. The van der Waals surface area contributed by atoms with Gasteiger partial charge in [0.2, 0.25) is 5.91 Å². The van der Waals surface area contributed by atoms with Crippen LogP contribution in [0.1, 0.15) is 36.2 Å². The number of carboxylic acid groups (broad SMARTS) is 1. The van der Waals surface area contributed by atoms with E-state index in [4.69, 9.17) is 5.11 Å². The Balaban J connectivity index is 1.89. The van der Waals surface area contributed by atoms with Crippen LogP contribution in [-0.2, 0) is 16.0 Å². The first-order valence-electron chi connectivity index (χ1n) is 6.69. The van der Waals surface area contributed by atoms with Crippen molar-refractivity contribution in [2.45, 2.75) is 32.2 Å². The minimum atomic E-state index is -1.03. The molecule has 3 rings (SSSR count). The van der Waals surface area contributed by atoms with E-state index in [-0.39, 0.29) is 11.9 Å². The van der Waals surface area contributed by atoms with Crippen molar-refractivity contribution in [1.29, 1.82) is 0 Å². The van der Waals surface area contributed by atoms with Crippen molar-refractivity contribution in [3.05, 3.63) is 21.9 Å². The highest BCUT2D eigenvalue weighted by Gasteiger charge is 2.43. The van der Waals surface area contributed by atoms with Gasteiger partial charge in [0.1, 0.15) is 5.92 Å². The summed E-state index contributed by atoms with van der Waals surface area (Å²) in [4.78, 5) is 26.6. The SMILES string of the molecule is CC(C(=O)O)C(=O)N1CCc2sccc2C1C1CC1. The number of carbonyl (C=O) groups is 2. The van der Waals surface area contributed by atoms with Gasteiger partial charge in [0, 0.05) is 11.4 Å². The molecule has 1 aromatic rings. The fraction of sp³-hybridized carbons (Fsp3) is 0.571. The Kier molecular flexibility index (Phi) is 3.09. The molecule has 1 saturated carbocycles. The molecule has 1 N–H and O–H groups in total.